The predicted octanol–water partition coefficient (Wildman–Crippen LogP) is 6.45. The molecule has 1 saturated heterocycles. The zero-order valence-corrected chi connectivity index (χ0v) is 19.7. The topological polar surface area (TPSA) is 33.1 Å². The molecule has 1 atom stereocenters. The molecule has 0 spiro atoms. The van der Waals surface area contributed by atoms with Crippen molar-refractivity contribution >= 4 is 34.4 Å². The average molecular weight is 449 g/mol. The minimum absolute atomic E-state index is 0.594. The third-order valence-corrected chi connectivity index (χ3v) is 7.20. The lowest BCUT2D eigenvalue weighted by atomic mass is 9.95. The van der Waals surface area contributed by atoms with Crippen LogP contribution in [0.3, 0.4) is 0 Å². The maximum absolute atomic E-state index is 6.11. The number of hydrogen-bond acceptors (Lipinski definition) is 3. The van der Waals surface area contributed by atoms with Gasteiger partial charge in [0.05, 0.1) is 11.0 Å². The Morgan fingerprint density at radius 3 is 2.62 bits per heavy atom. The van der Waals surface area contributed by atoms with Crippen LogP contribution in [0.4, 0.5) is 5.69 Å². The number of nitrogens with one attached hydrogen (secondary N) is 1. The van der Waals surface area contributed by atoms with Gasteiger partial charge in [-0.05, 0) is 80.7 Å². The number of aromatic nitrogens is 2. The van der Waals surface area contributed by atoms with Crippen molar-refractivity contribution in [2.24, 2.45) is 5.92 Å². The molecule has 1 aliphatic heterocycles. The Labute approximate surface area is 196 Å². The van der Waals surface area contributed by atoms with Crippen LogP contribution >= 0.6 is 11.6 Å². The lowest BCUT2D eigenvalue weighted by Gasteiger charge is -2.23. The summed E-state index contributed by atoms with van der Waals surface area (Å²) >= 11 is 6.11. The van der Waals surface area contributed by atoms with Crippen molar-refractivity contribution in [2.75, 3.05) is 25.5 Å². The fourth-order valence-corrected chi connectivity index (χ4v) is 5.26. The number of imidazole rings is 1. The molecular weight excluding hydrogens is 416 g/mol. The van der Waals surface area contributed by atoms with Gasteiger partial charge in [-0.15, -0.1) is 0 Å². The molecule has 2 heterocycles. The van der Waals surface area contributed by atoms with Gasteiger partial charge >= 0.3 is 0 Å². The Morgan fingerprint density at radius 1 is 1.06 bits per heavy atom. The molecule has 5 heteroatoms. The minimum Gasteiger partial charge on any atom is -0.382 e. The van der Waals surface area contributed by atoms with Gasteiger partial charge < -0.3 is 14.8 Å². The highest BCUT2D eigenvalue weighted by atomic mass is 35.5. The van der Waals surface area contributed by atoms with Crippen molar-refractivity contribution < 1.29 is 0 Å². The number of likely N-dealkylation sites (tertiary alicyclic amines) is 1. The Morgan fingerprint density at radius 2 is 1.88 bits per heavy atom. The van der Waals surface area contributed by atoms with Gasteiger partial charge in [-0.25, -0.2) is 4.98 Å². The molecule has 1 aliphatic carbocycles. The molecule has 0 amide bonds. The van der Waals surface area contributed by atoms with Gasteiger partial charge in [-0.2, -0.15) is 0 Å². The first-order chi connectivity index (χ1) is 15.6. The summed E-state index contributed by atoms with van der Waals surface area (Å²) < 4.78 is 2.33. The molecule has 0 bridgehead atoms. The Hall–Kier alpha value is -2.30. The van der Waals surface area contributed by atoms with Crippen LogP contribution in [0, 0.1) is 5.92 Å². The largest absolute Gasteiger partial charge is 0.382 e. The summed E-state index contributed by atoms with van der Waals surface area (Å²) in [5.74, 6) is 1.63. The zero-order valence-electron chi connectivity index (χ0n) is 18.9. The van der Waals surface area contributed by atoms with Gasteiger partial charge in [-0.1, -0.05) is 49.1 Å². The van der Waals surface area contributed by atoms with Gasteiger partial charge in [0.15, 0.2) is 0 Å². The van der Waals surface area contributed by atoms with Gasteiger partial charge in [-0.3, -0.25) is 0 Å². The van der Waals surface area contributed by atoms with Crippen molar-refractivity contribution in [2.45, 2.75) is 51.1 Å². The molecule has 3 aromatic rings. The van der Waals surface area contributed by atoms with Crippen LogP contribution in [0.5, 0.6) is 0 Å². The van der Waals surface area contributed by atoms with E-state index in [9.17, 15) is 0 Å². The molecule has 168 valence electrons. The lowest BCUT2D eigenvalue weighted by molar-refractivity contribution is 0.408. The highest BCUT2D eigenvalue weighted by Crippen LogP contribution is 2.27. The van der Waals surface area contributed by atoms with E-state index in [1.807, 2.05) is 12.1 Å². The smallest absolute Gasteiger partial charge is 0.133 e. The normalized spacial score (nSPS) is 20.5. The molecule has 5 rings (SSSR count). The number of halogens is 1. The zero-order chi connectivity index (χ0) is 21.9. The molecule has 1 aromatic heterocycles. The van der Waals surface area contributed by atoms with Crippen molar-refractivity contribution in [3.8, 4) is 0 Å². The molecule has 32 heavy (non-hydrogen) atoms. The molecule has 2 aliphatic rings. The second-order valence-corrected chi connectivity index (χ2v) is 9.97. The SMILES string of the molecule is CN1CCC(/C=C/c2nc3cc(NC4CCCCC4)ccc3n2Cc2ccc(Cl)cc2)C1. The standard InChI is InChI=1S/C27H33ClN4/c1-31-16-15-21(18-31)9-14-27-30-25-17-24(29-23-5-3-2-4-6-23)12-13-26(25)32(27)19-20-7-10-22(28)11-8-20/h7-14,17,21,23,29H,2-6,15-16,18-19H2,1H3/b14-9+. The fourth-order valence-electron chi connectivity index (χ4n) is 5.13. The van der Waals surface area contributed by atoms with Crippen LogP contribution < -0.4 is 5.32 Å². The van der Waals surface area contributed by atoms with Crippen LogP contribution in [-0.4, -0.2) is 40.6 Å². The maximum atomic E-state index is 6.11. The molecule has 1 unspecified atom stereocenters. The van der Waals surface area contributed by atoms with Gasteiger partial charge in [0, 0.05) is 29.8 Å². The summed E-state index contributed by atoms with van der Waals surface area (Å²) in [6.07, 6.45) is 12.4. The monoisotopic (exact) mass is 448 g/mol. The van der Waals surface area contributed by atoms with Crippen molar-refractivity contribution in [1.29, 1.82) is 0 Å². The van der Waals surface area contributed by atoms with Gasteiger partial charge in [0.25, 0.3) is 0 Å². The van der Waals surface area contributed by atoms with E-state index in [1.54, 1.807) is 0 Å². The number of rotatable bonds is 6. The number of fused-ring (bicyclic) bond motifs is 1. The Balaban J connectivity index is 1.45. The van der Waals surface area contributed by atoms with E-state index in [0.29, 0.717) is 12.0 Å². The molecule has 0 radical (unpaired) electrons. The van der Waals surface area contributed by atoms with Crippen LogP contribution in [-0.2, 0) is 6.54 Å². The summed E-state index contributed by atoms with van der Waals surface area (Å²) in [4.78, 5) is 7.45. The summed E-state index contributed by atoms with van der Waals surface area (Å²) in [5, 5.41) is 4.52. The van der Waals surface area contributed by atoms with Gasteiger partial charge in [0.2, 0.25) is 0 Å². The van der Waals surface area contributed by atoms with Gasteiger partial charge in [0.1, 0.15) is 5.82 Å². The van der Waals surface area contributed by atoms with Crippen LogP contribution in [0.25, 0.3) is 17.1 Å². The molecule has 1 saturated carbocycles. The van der Waals surface area contributed by atoms with E-state index in [-0.39, 0.29) is 0 Å². The lowest BCUT2D eigenvalue weighted by Crippen LogP contribution is -2.22. The minimum atomic E-state index is 0.594. The third-order valence-electron chi connectivity index (χ3n) is 6.95. The van der Waals surface area contributed by atoms with Crippen LogP contribution in [0.2, 0.25) is 5.02 Å². The van der Waals surface area contributed by atoms with Crippen LogP contribution in [0.1, 0.15) is 49.9 Å². The first kappa shape index (κ1) is 21.5. The van der Waals surface area contributed by atoms with Crippen molar-refractivity contribution in [3.05, 3.63) is 65.0 Å². The number of anilines is 1. The molecule has 2 aromatic carbocycles. The summed E-state index contributed by atoms with van der Waals surface area (Å²) in [7, 11) is 2.20. The van der Waals surface area contributed by atoms with E-state index in [1.165, 1.54) is 61.8 Å². The highest BCUT2D eigenvalue weighted by Gasteiger charge is 2.18. The van der Waals surface area contributed by atoms with Crippen molar-refractivity contribution in [1.82, 2.24) is 14.5 Å². The Bertz CT molecular complexity index is 1080. The predicted molar refractivity (Wildman–Crippen MR) is 135 cm³/mol. The quantitative estimate of drug-likeness (QED) is 0.470. The van der Waals surface area contributed by atoms with E-state index >= 15 is 0 Å². The number of hydrogen-bond donors (Lipinski definition) is 1. The van der Waals surface area contributed by atoms with E-state index in [4.69, 9.17) is 16.6 Å². The summed E-state index contributed by atoms with van der Waals surface area (Å²) in [6.45, 7) is 3.09. The summed E-state index contributed by atoms with van der Waals surface area (Å²) in [6, 6.07) is 15.4. The molecule has 2 fully saturated rings. The molecular formula is C27H33ClN4. The molecule has 1 N–H and O–H groups in total. The first-order valence-corrected chi connectivity index (χ1v) is 12.4. The molecule has 4 nitrogen and oxygen atoms in total. The van der Waals surface area contributed by atoms with Crippen LogP contribution in [0.15, 0.2) is 48.5 Å². The van der Waals surface area contributed by atoms with E-state index < -0.39 is 0 Å². The summed E-state index contributed by atoms with van der Waals surface area (Å²) in [5.41, 5.74) is 4.65. The second kappa shape index (κ2) is 9.68. The Kier molecular flexibility index (Phi) is 6.52. The second-order valence-electron chi connectivity index (χ2n) is 9.54. The van der Waals surface area contributed by atoms with E-state index in [0.717, 1.165) is 29.5 Å². The number of nitrogens with zero attached hydrogens (tertiary/aromatic N) is 3. The fraction of sp³-hybridized carbons (Fsp3) is 0.444. The maximum Gasteiger partial charge on any atom is 0.133 e. The average Bonchev–Trinajstić information content (AvgIpc) is 3.37. The van der Waals surface area contributed by atoms with Crippen molar-refractivity contribution in [3.63, 3.8) is 0 Å². The first-order valence-electron chi connectivity index (χ1n) is 12.0. The third kappa shape index (κ3) is 5.02. The number of benzene rings is 2. The highest BCUT2D eigenvalue weighted by molar-refractivity contribution is 6.30. The van der Waals surface area contributed by atoms with E-state index in [2.05, 4.69) is 64.3 Å².